The lowest BCUT2D eigenvalue weighted by molar-refractivity contribution is 0.608. The molecular weight excluding hydrogens is 276 g/mol. The smallest absolute Gasteiger partial charge is 0.200 e. The summed E-state index contributed by atoms with van der Waals surface area (Å²) in [5.74, 6) is 1.52. The van der Waals surface area contributed by atoms with E-state index in [4.69, 9.17) is 0 Å². The fourth-order valence-electron chi connectivity index (χ4n) is 3.97. The van der Waals surface area contributed by atoms with E-state index in [2.05, 4.69) is 50.2 Å². The highest BCUT2D eigenvalue weighted by atomic mass is 15.6. The zero-order chi connectivity index (χ0) is 14.6. The third-order valence-electron chi connectivity index (χ3n) is 5.23. The minimum atomic E-state index is 0.419. The Balaban J connectivity index is 1.32. The third-order valence-corrected chi connectivity index (χ3v) is 5.23. The summed E-state index contributed by atoms with van der Waals surface area (Å²) in [6.45, 7) is 0.953. The minimum Gasteiger partial charge on any atom is -0.368 e. The monoisotopic (exact) mass is 292 g/mol. The van der Waals surface area contributed by atoms with Crippen molar-refractivity contribution in [3.8, 4) is 0 Å². The Morgan fingerprint density at radius 2 is 2.18 bits per heavy atom. The van der Waals surface area contributed by atoms with Gasteiger partial charge in [0.2, 0.25) is 0 Å². The second-order valence-electron chi connectivity index (χ2n) is 6.34. The van der Waals surface area contributed by atoms with Gasteiger partial charge < -0.3 is 5.32 Å². The molecule has 6 heteroatoms. The summed E-state index contributed by atoms with van der Waals surface area (Å²) in [5, 5.41) is 19.1. The van der Waals surface area contributed by atoms with Crippen LogP contribution in [0.4, 0.5) is 5.82 Å². The van der Waals surface area contributed by atoms with Crippen LogP contribution in [0.25, 0.3) is 5.65 Å². The number of anilines is 1. The highest BCUT2D eigenvalue weighted by molar-refractivity contribution is 5.47. The number of aryl methyl sites for hydroxylation is 1. The number of benzene rings is 1. The van der Waals surface area contributed by atoms with Crippen LogP contribution < -0.4 is 5.32 Å². The summed E-state index contributed by atoms with van der Waals surface area (Å²) in [6.07, 6.45) is 3.80. The summed E-state index contributed by atoms with van der Waals surface area (Å²) in [5.41, 5.74) is 4.20. The maximum atomic E-state index is 4.36. The normalized spacial score (nSPS) is 25.5. The van der Waals surface area contributed by atoms with E-state index in [0.29, 0.717) is 17.0 Å². The first-order valence-corrected chi connectivity index (χ1v) is 7.73. The fourth-order valence-corrected chi connectivity index (χ4v) is 3.97. The van der Waals surface area contributed by atoms with Crippen LogP contribution in [-0.2, 0) is 11.8 Å². The molecule has 0 saturated heterocycles. The van der Waals surface area contributed by atoms with Gasteiger partial charge in [-0.05, 0) is 58.9 Å². The maximum Gasteiger partial charge on any atom is 0.200 e. The molecule has 6 nitrogen and oxygen atoms in total. The van der Waals surface area contributed by atoms with Crippen LogP contribution in [0.5, 0.6) is 0 Å². The van der Waals surface area contributed by atoms with Gasteiger partial charge in [-0.3, -0.25) is 0 Å². The Morgan fingerprint density at radius 3 is 3.18 bits per heavy atom. The largest absolute Gasteiger partial charge is 0.368 e. The van der Waals surface area contributed by atoms with Crippen molar-refractivity contribution >= 4 is 11.5 Å². The minimum absolute atomic E-state index is 0.419. The number of tetrazole rings is 1. The molecule has 0 radical (unpaired) electrons. The molecule has 1 aromatic carbocycles. The predicted octanol–water partition coefficient (Wildman–Crippen LogP) is 1.84. The summed E-state index contributed by atoms with van der Waals surface area (Å²) < 4.78 is 1.45. The summed E-state index contributed by atoms with van der Waals surface area (Å²) in [7, 11) is 0. The summed E-state index contributed by atoms with van der Waals surface area (Å²) >= 11 is 0. The molecule has 3 aromatic rings. The molecule has 1 saturated carbocycles. The van der Waals surface area contributed by atoms with Crippen LogP contribution in [-0.4, -0.2) is 31.8 Å². The van der Waals surface area contributed by atoms with Gasteiger partial charge in [0.05, 0.1) is 0 Å². The van der Waals surface area contributed by atoms with Gasteiger partial charge in [0.1, 0.15) is 5.82 Å². The molecule has 2 aliphatic carbocycles. The van der Waals surface area contributed by atoms with E-state index < -0.39 is 0 Å². The van der Waals surface area contributed by atoms with Gasteiger partial charge in [0.15, 0.2) is 5.65 Å². The molecule has 2 aliphatic rings. The van der Waals surface area contributed by atoms with Crippen molar-refractivity contribution in [3.05, 3.63) is 47.5 Å². The van der Waals surface area contributed by atoms with Crippen molar-refractivity contribution in [2.75, 3.05) is 11.9 Å². The second-order valence-corrected chi connectivity index (χ2v) is 6.34. The first-order chi connectivity index (χ1) is 10.9. The summed E-state index contributed by atoms with van der Waals surface area (Å²) in [4.78, 5) is 0. The van der Waals surface area contributed by atoms with Crippen LogP contribution >= 0.6 is 0 Å². The Labute approximate surface area is 127 Å². The van der Waals surface area contributed by atoms with Crippen molar-refractivity contribution in [1.29, 1.82) is 0 Å². The van der Waals surface area contributed by atoms with E-state index in [-0.39, 0.29) is 0 Å². The Bertz CT molecular complexity index is 856. The van der Waals surface area contributed by atoms with Crippen molar-refractivity contribution < 1.29 is 0 Å². The molecule has 2 heterocycles. The Hall–Kier alpha value is -2.50. The number of rotatable bonds is 3. The van der Waals surface area contributed by atoms with Crippen molar-refractivity contribution in [3.63, 3.8) is 0 Å². The van der Waals surface area contributed by atoms with E-state index >= 15 is 0 Å². The molecule has 110 valence electrons. The lowest BCUT2D eigenvalue weighted by Crippen LogP contribution is -2.14. The molecule has 22 heavy (non-hydrogen) atoms. The van der Waals surface area contributed by atoms with E-state index in [1.807, 2.05) is 12.1 Å². The first kappa shape index (κ1) is 12.1. The third kappa shape index (κ3) is 1.66. The lowest BCUT2D eigenvalue weighted by atomic mass is 9.95. The molecule has 5 rings (SSSR count). The number of hydrogen-bond acceptors (Lipinski definition) is 5. The van der Waals surface area contributed by atoms with E-state index in [9.17, 15) is 0 Å². The molecule has 0 bridgehead atoms. The molecule has 2 atom stereocenters. The quantitative estimate of drug-likeness (QED) is 0.797. The Morgan fingerprint density at radius 1 is 1.23 bits per heavy atom. The molecule has 0 unspecified atom stereocenters. The highest BCUT2D eigenvalue weighted by Gasteiger charge is 2.57. The number of nitrogens with zero attached hydrogens (tertiary/aromatic N) is 5. The van der Waals surface area contributed by atoms with Crippen LogP contribution in [0.2, 0.25) is 0 Å². The molecule has 0 amide bonds. The molecular formula is C16H16N6. The number of nitrogens with one attached hydrogen (secondary N) is 1. The average Bonchev–Trinajstić information content (AvgIpc) is 2.90. The highest BCUT2D eigenvalue weighted by Crippen LogP contribution is 2.61. The van der Waals surface area contributed by atoms with Crippen LogP contribution in [0, 0.1) is 5.92 Å². The molecule has 2 aromatic heterocycles. The predicted molar refractivity (Wildman–Crippen MR) is 81.6 cm³/mol. The van der Waals surface area contributed by atoms with Gasteiger partial charge in [-0.2, -0.15) is 0 Å². The molecule has 1 N–H and O–H groups in total. The standard InChI is InChI=1S/C16H16N6/c1-2-4-13-11(3-1)7-8-16(13)9-12(16)10-17-14-5-6-15-18-20-21-22(15)19-14/h1-6,12H,7-10H2,(H,17,19)/t12-,16-/m0/s1. The van der Waals surface area contributed by atoms with Gasteiger partial charge in [0.25, 0.3) is 0 Å². The topological polar surface area (TPSA) is 68.0 Å². The Kier molecular flexibility index (Phi) is 2.34. The molecule has 0 aliphatic heterocycles. The van der Waals surface area contributed by atoms with Gasteiger partial charge in [-0.1, -0.05) is 24.3 Å². The van der Waals surface area contributed by atoms with Gasteiger partial charge in [0, 0.05) is 12.0 Å². The first-order valence-electron chi connectivity index (χ1n) is 7.73. The maximum absolute atomic E-state index is 4.36. The van der Waals surface area contributed by atoms with Crippen LogP contribution in [0.15, 0.2) is 36.4 Å². The molecule has 1 fully saturated rings. The number of hydrogen-bond donors (Lipinski definition) is 1. The van der Waals surface area contributed by atoms with Crippen LogP contribution in [0.1, 0.15) is 24.0 Å². The summed E-state index contributed by atoms with van der Waals surface area (Å²) in [6, 6.07) is 12.7. The SMILES string of the molecule is c1ccc2c(c1)CC[C@@]21C[C@H]1CNc1ccc2nnnn2n1. The average molecular weight is 292 g/mol. The van der Waals surface area contributed by atoms with E-state index in [0.717, 1.165) is 12.4 Å². The van der Waals surface area contributed by atoms with Crippen molar-refractivity contribution in [2.24, 2.45) is 5.92 Å². The van der Waals surface area contributed by atoms with Gasteiger partial charge in [-0.15, -0.1) is 14.8 Å². The zero-order valence-electron chi connectivity index (χ0n) is 12.1. The van der Waals surface area contributed by atoms with E-state index in [1.54, 1.807) is 11.1 Å². The molecule has 1 spiro atoms. The van der Waals surface area contributed by atoms with Crippen LogP contribution in [0.3, 0.4) is 0 Å². The van der Waals surface area contributed by atoms with Gasteiger partial charge in [-0.25, -0.2) is 0 Å². The van der Waals surface area contributed by atoms with Crippen molar-refractivity contribution in [1.82, 2.24) is 25.3 Å². The number of fused-ring (bicyclic) bond motifs is 3. The van der Waals surface area contributed by atoms with Crippen molar-refractivity contribution in [2.45, 2.75) is 24.7 Å². The zero-order valence-corrected chi connectivity index (χ0v) is 12.1. The van der Waals surface area contributed by atoms with Gasteiger partial charge >= 0.3 is 0 Å². The van der Waals surface area contributed by atoms with E-state index in [1.165, 1.54) is 23.9 Å². The number of aromatic nitrogens is 5. The fraction of sp³-hybridized carbons (Fsp3) is 0.375. The second kappa shape index (κ2) is 4.25. The lowest BCUT2D eigenvalue weighted by Gasteiger charge is -2.12.